The van der Waals surface area contributed by atoms with E-state index in [1.54, 1.807) is 23.1 Å². The summed E-state index contributed by atoms with van der Waals surface area (Å²) in [5.41, 5.74) is 0.661. The van der Waals surface area contributed by atoms with Gasteiger partial charge in [0.15, 0.2) is 0 Å². The Morgan fingerprint density at radius 2 is 2.12 bits per heavy atom. The van der Waals surface area contributed by atoms with Gasteiger partial charge in [0.1, 0.15) is 0 Å². The molecule has 0 aliphatic carbocycles. The number of benzene rings is 1. The fourth-order valence-electron chi connectivity index (χ4n) is 1.57. The molecule has 1 aromatic rings. The van der Waals surface area contributed by atoms with Crippen LogP contribution in [0.25, 0.3) is 0 Å². The van der Waals surface area contributed by atoms with E-state index in [9.17, 15) is 4.79 Å². The molecule has 1 rings (SSSR count). The summed E-state index contributed by atoms with van der Waals surface area (Å²) < 4.78 is 0.748. The Labute approximate surface area is 116 Å². The predicted octanol–water partition coefficient (Wildman–Crippen LogP) is 4.36. The van der Waals surface area contributed by atoms with Crippen molar-refractivity contribution >= 4 is 33.4 Å². The van der Waals surface area contributed by atoms with Gasteiger partial charge < -0.3 is 4.90 Å². The van der Waals surface area contributed by atoms with Crippen LogP contribution in [0.4, 0.5) is 0 Å². The first-order chi connectivity index (χ1) is 8.06. The number of nitrogens with zero attached hydrogens (tertiary/aromatic N) is 1. The van der Waals surface area contributed by atoms with Gasteiger partial charge in [0.25, 0.3) is 5.91 Å². The average Bonchev–Trinajstić information content (AvgIpc) is 2.28. The van der Waals surface area contributed by atoms with Crippen LogP contribution in [0.1, 0.15) is 36.5 Å². The highest BCUT2D eigenvalue weighted by Crippen LogP contribution is 2.22. The van der Waals surface area contributed by atoms with E-state index < -0.39 is 0 Å². The Morgan fingerprint density at radius 3 is 2.71 bits per heavy atom. The van der Waals surface area contributed by atoms with Gasteiger partial charge in [-0.05, 0) is 40.5 Å². The average molecular weight is 319 g/mol. The third-order valence-electron chi connectivity index (χ3n) is 2.61. The molecule has 0 saturated heterocycles. The van der Waals surface area contributed by atoms with Crippen LogP contribution in [0.15, 0.2) is 22.7 Å². The molecule has 4 heteroatoms. The van der Waals surface area contributed by atoms with Crippen molar-refractivity contribution in [1.82, 2.24) is 4.90 Å². The molecule has 0 fully saturated rings. The van der Waals surface area contributed by atoms with Gasteiger partial charge >= 0.3 is 0 Å². The summed E-state index contributed by atoms with van der Waals surface area (Å²) in [4.78, 5) is 13.9. The molecule has 0 aromatic heterocycles. The molecule has 0 aliphatic heterocycles. The smallest absolute Gasteiger partial charge is 0.254 e. The minimum Gasteiger partial charge on any atom is -0.342 e. The summed E-state index contributed by atoms with van der Waals surface area (Å²) in [7, 11) is 1.83. The van der Waals surface area contributed by atoms with Crippen molar-refractivity contribution < 1.29 is 4.79 Å². The van der Waals surface area contributed by atoms with E-state index in [0.29, 0.717) is 10.6 Å². The minimum atomic E-state index is 0.0321. The molecule has 1 amide bonds. The molecule has 0 saturated carbocycles. The lowest BCUT2D eigenvalue weighted by molar-refractivity contribution is 0.0792. The SMILES string of the molecule is CCCCCN(C)C(=O)c1ccc(Cl)cc1Br. The molecule has 0 unspecified atom stereocenters. The van der Waals surface area contributed by atoms with Crippen LogP contribution in [0.2, 0.25) is 5.02 Å². The highest BCUT2D eigenvalue weighted by Gasteiger charge is 2.14. The normalized spacial score (nSPS) is 10.4. The fourth-order valence-corrected chi connectivity index (χ4v) is 2.42. The maximum atomic E-state index is 12.1. The molecule has 1 aromatic carbocycles. The number of unbranched alkanes of at least 4 members (excludes halogenated alkanes) is 2. The zero-order chi connectivity index (χ0) is 12.8. The zero-order valence-electron chi connectivity index (χ0n) is 10.2. The number of hydrogen-bond donors (Lipinski definition) is 0. The molecule has 0 aliphatic rings. The van der Waals surface area contributed by atoms with Crippen molar-refractivity contribution in [2.75, 3.05) is 13.6 Å². The second-order valence-corrected chi connectivity index (χ2v) is 5.35. The van der Waals surface area contributed by atoms with Crippen LogP contribution < -0.4 is 0 Å². The van der Waals surface area contributed by atoms with Gasteiger partial charge in [0.05, 0.1) is 5.56 Å². The van der Waals surface area contributed by atoms with Gasteiger partial charge in [-0.25, -0.2) is 0 Å². The lowest BCUT2D eigenvalue weighted by Gasteiger charge is -2.17. The third kappa shape index (κ3) is 4.32. The van der Waals surface area contributed by atoms with Crippen molar-refractivity contribution in [2.24, 2.45) is 0 Å². The van der Waals surface area contributed by atoms with Gasteiger partial charge in [-0.3, -0.25) is 4.79 Å². The van der Waals surface area contributed by atoms with Crippen LogP contribution in [0.3, 0.4) is 0 Å². The van der Waals surface area contributed by atoms with E-state index in [1.807, 2.05) is 7.05 Å². The Morgan fingerprint density at radius 1 is 1.41 bits per heavy atom. The van der Waals surface area contributed by atoms with Crippen molar-refractivity contribution in [3.63, 3.8) is 0 Å². The van der Waals surface area contributed by atoms with Crippen LogP contribution in [0.5, 0.6) is 0 Å². The summed E-state index contributed by atoms with van der Waals surface area (Å²) >= 11 is 9.21. The second kappa shape index (κ2) is 7.02. The zero-order valence-corrected chi connectivity index (χ0v) is 12.5. The number of amides is 1. The van der Waals surface area contributed by atoms with E-state index >= 15 is 0 Å². The van der Waals surface area contributed by atoms with Crippen molar-refractivity contribution in [2.45, 2.75) is 26.2 Å². The number of carbonyl (C=O) groups is 1. The Hall–Kier alpha value is -0.540. The molecule has 0 bridgehead atoms. The quantitative estimate of drug-likeness (QED) is 0.738. The first kappa shape index (κ1) is 14.5. The van der Waals surface area contributed by atoms with Gasteiger partial charge in [-0.1, -0.05) is 31.4 Å². The topological polar surface area (TPSA) is 20.3 Å². The molecule has 17 heavy (non-hydrogen) atoms. The summed E-state index contributed by atoms with van der Waals surface area (Å²) in [6.07, 6.45) is 3.36. The fraction of sp³-hybridized carbons (Fsp3) is 0.462. The molecule has 0 heterocycles. The first-order valence-corrected chi connectivity index (χ1v) is 6.94. The molecule has 0 radical (unpaired) electrons. The lowest BCUT2D eigenvalue weighted by Crippen LogP contribution is -2.28. The summed E-state index contributed by atoms with van der Waals surface area (Å²) in [6.45, 7) is 2.94. The van der Waals surface area contributed by atoms with E-state index in [2.05, 4.69) is 22.9 Å². The molecule has 0 spiro atoms. The van der Waals surface area contributed by atoms with E-state index in [4.69, 9.17) is 11.6 Å². The standard InChI is InChI=1S/C13H17BrClNO/c1-3-4-5-8-16(2)13(17)11-7-6-10(15)9-12(11)14/h6-7,9H,3-5,8H2,1-2H3. The Balaban J connectivity index is 2.68. The maximum Gasteiger partial charge on any atom is 0.254 e. The number of hydrogen-bond acceptors (Lipinski definition) is 1. The number of halogens is 2. The Kier molecular flexibility index (Phi) is 6.00. The van der Waals surface area contributed by atoms with Crippen molar-refractivity contribution in [3.05, 3.63) is 33.3 Å². The van der Waals surface area contributed by atoms with Gasteiger partial charge in [0.2, 0.25) is 0 Å². The lowest BCUT2D eigenvalue weighted by atomic mass is 10.2. The van der Waals surface area contributed by atoms with Crippen molar-refractivity contribution in [1.29, 1.82) is 0 Å². The molecule has 2 nitrogen and oxygen atoms in total. The largest absolute Gasteiger partial charge is 0.342 e. The number of rotatable bonds is 5. The highest BCUT2D eigenvalue weighted by atomic mass is 79.9. The van der Waals surface area contributed by atoms with Gasteiger partial charge in [0, 0.05) is 23.1 Å². The highest BCUT2D eigenvalue weighted by molar-refractivity contribution is 9.10. The van der Waals surface area contributed by atoms with Crippen molar-refractivity contribution in [3.8, 4) is 0 Å². The molecular weight excluding hydrogens is 302 g/mol. The van der Waals surface area contributed by atoms with Crippen LogP contribution in [-0.2, 0) is 0 Å². The third-order valence-corrected chi connectivity index (χ3v) is 3.50. The van der Waals surface area contributed by atoms with Crippen LogP contribution in [-0.4, -0.2) is 24.4 Å². The minimum absolute atomic E-state index is 0.0321. The van der Waals surface area contributed by atoms with Gasteiger partial charge in [-0.15, -0.1) is 0 Å². The molecule has 94 valence electrons. The summed E-state index contributed by atoms with van der Waals surface area (Å²) in [6, 6.07) is 5.24. The van der Waals surface area contributed by atoms with E-state index in [-0.39, 0.29) is 5.91 Å². The first-order valence-electron chi connectivity index (χ1n) is 5.76. The number of carbonyl (C=O) groups excluding carboxylic acids is 1. The molecule has 0 atom stereocenters. The predicted molar refractivity (Wildman–Crippen MR) is 75.6 cm³/mol. The monoisotopic (exact) mass is 317 g/mol. The summed E-state index contributed by atoms with van der Waals surface area (Å²) in [5, 5.41) is 0.627. The van der Waals surface area contributed by atoms with Gasteiger partial charge in [-0.2, -0.15) is 0 Å². The second-order valence-electron chi connectivity index (χ2n) is 4.06. The van der Waals surface area contributed by atoms with Crippen LogP contribution >= 0.6 is 27.5 Å². The molecular formula is C13H17BrClNO. The van der Waals surface area contributed by atoms with E-state index in [1.165, 1.54) is 0 Å². The van der Waals surface area contributed by atoms with E-state index in [0.717, 1.165) is 30.3 Å². The van der Waals surface area contributed by atoms with Crippen LogP contribution in [0, 0.1) is 0 Å². The molecule has 0 N–H and O–H groups in total. The Bertz CT molecular complexity index is 395. The summed E-state index contributed by atoms with van der Waals surface area (Å²) in [5.74, 6) is 0.0321. The maximum absolute atomic E-state index is 12.1.